The molecule has 1 aromatic rings. The second-order valence-corrected chi connectivity index (χ2v) is 2.67. The predicted molar refractivity (Wildman–Crippen MR) is 49.7 cm³/mol. The molecule has 3 N–H and O–H groups in total. The largest absolute Gasteiger partial charge is 0.506 e. The van der Waals surface area contributed by atoms with E-state index in [2.05, 4.69) is 4.98 Å². The summed E-state index contributed by atoms with van der Waals surface area (Å²) in [5, 5.41) is 9.58. The van der Waals surface area contributed by atoms with Gasteiger partial charge in [0.05, 0.1) is 24.1 Å². The third-order valence-corrected chi connectivity index (χ3v) is 1.81. The number of pyridine rings is 1. The zero-order chi connectivity index (χ0) is 9.84. The van der Waals surface area contributed by atoms with Crippen molar-refractivity contribution in [1.29, 1.82) is 0 Å². The summed E-state index contributed by atoms with van der Waals surface area (Å²) in [4.78, 5) is 3.98. The molecule has 0 aliphatic rings. The molecule has 0 atom stereocenters. The second-order valence-electron chi connectivity index (χ2n) is 2.67. The smallest absolute Gasteiger partial charge is 0.145 e. The van der Waals surface area contributed by atoms with E-state index in [-0.39, 0.29) is 12.3 Å². The number of hydrogen-bond acceptors (Lipinski definition) is 4. The fraction of sp³-hybridized carbons (Fsp3) is 0.444. The molecule has 4 nitrogen and oxygen atoms in total. The van der Waals surface area contributed by atoms with E-state index in [1.54, 1.807) is 13.1 Å². The molecule has 0 unspecified atom stereocenters. The van der Waals surface area contributed by atoms with Gasteiger partial charge in [-0.1, -0.05) is 0 Å². The zero-order valence-electron chi connectivity index (χ0n) is 7.87. The Morgan fingerprint density at radius 2 is 2.31 bits per heavy atom. The summed E-state index contributed by atoms with van der Waals surface area (Å²) in [6, 6.07) is 0. The number of ether oxygens (including phenoxy) is 1. The summed E-state index contributed by atoms with van der Waals surface area (Å²) in [5.74, 6) is 0.696. The zero-order valence-corrected chi connectivity index (χ0v) is 7.87. The highest BCUT2D eigenvalue weighted by Crippen LogP contribution is 2.28. The van der Waals surface area contributed by atoms with Crippen LogP contribution in [0.1, 0.15) is 18.2 Å². The van der Waals surface area contributed by atoms with E-state index in [0.29, 0.717) is 23.6 Å². The molecule has 0 aliphatic carbocycles. The second kappa shape index (κ2) is 4.09. The van der Waals surface area contributed by atoms with Crippen LogP contribution in [0.15, 0.2) is 6.20 Å². The van der Waals surface area contributed by atoms with Gasteiger partial charge in [-0.05, 0) is 13.8 Å². The predicted octanol–water partition coefficient (Wildman–Crippen LogP) is 0.953. The maximum Gasteiger partial charge on any atom is 0.145 e. The molecule has 0 aliphatic heterocycles. The fourth-order valence-electron chi connectivity index (χ4n) is 1.11. The van der Waals surface area contributed by atoms with E-state index in [9.17, 15) is 5.11 Å². The van der Waals surface area contributed by atoms with E-state index >= 15 is 0 Å². The Bertz CT molecular complexity index is 300. The lowest BCUT2D eigenvalue weighted by molar-refractivity contribution is 0.330. The fourth-order valence-corrected chi connectivity index (χ4v) is 1.11. The van der Waals surface area contributed by atoms with Crippen molar-refractivity contribution in [1.82, 2.24) is 4.98 Å². The van der Waals surface area contributed by atoms with Crippen LogP contribution in [0.25, 0.3) is 0 Å². The summed E-state index contributed by atoms with van der Waals surface area (Å²) < 4.78 is 5.26. The third kappa shape index (κ3) is 1.89. The van der Waals surface area contributed by atoms with Gasteiger partial charge >= 0.3 is 0 Å². The molecule has 0 aromatic carbocycles. The monoisotopic (exact) mass is 182 g/mol. The van der Waals surface area contributed by atoms with Crippen molar-refractivity contribution in [2.75, 3.05) is 6.61 Å². The molecule has 1 rings (SSSR count). The Morgan fingerprint density at radius 1 is 1.62 bits per heavy atom. The normalized spacial score (nSPS) is 10.1. The summed E-state index contributed by atoms with van der Waals surface area (Å²) in [6.07, 6.45) is 1.58. The van der Waals surface area contributed by atoms with Gasteiger partial charge in [0.2, 0.25) is 0 Å². The van der Waals surface area contributed by atoms with Gasteiger partial charge in [-0.15, -0.1) is 0 Å². The van der Waals surface area contributed by atoms with Crippen molar-refractivity contribution >= 4 is 0 Å². The molecule has 1 aromatic heterocycles. The Hall–Kier alpha value is -1.29. The summed E-state index contributed by atoms with van der Waals surface area (Å²) >= 11 is 0. The number of hydrogen-bond donors (Lipinski definition) is 2. The molecule has 0 spiro atoms. The van der Waals surface area contributed by atoms with Crippen LogP contribution in [0.5, 0.6) is 11.5 Å². The van der Waals surface area contributed by atoms with Gasteiger partial charge in [0.1, 0.15) is 11.5 Å². The molecular weight excluding hydrogens is 168 g/mol. The van der Waals surface area contributed by atoms with Crippen LogP contribution in [0, 0.1) is 6.92 Å². The highest BCUT2D eigenvalue weighted by Gasteiger charge is 2.10. The van der Waals surface area contributed by atoms with Crippen molar-refractivity contribution in [3.63, 3.8) is 0 Å². The molecule has 0 saturated carbocycles. The number of rotatable bonds is 3. The van der Waals surface area contributed by atoms with Crippen LogP contribution in [-0.2, 0) is 6.54 Å². The van der Waals surface area contributed by atoms with Gasteiger partial charge in [0.25, 0.3) is 0 Å². The van der Waals surface area contributed by atoms with E-state index in [1.807, 2.05) is 6.92 Å². The van der Waals surface area contributed by atoms with Crippen molar-refractivity contribution in [2.45, 2.75) is 20.4 Å². The van der Waals surface area contributed by atoms with Gasteiger partial charge in [0, 0.05) is 6.54 Å². The Balaban J connectivity index is 3.13. The Morgan fingerprint density at radius 3 is 2.85 bits per heavy atom. The van der Waals surface area contributed by atoms with E-state index in [4.69, 9.17) is 10.5 Å². The van der Waals surface area contributed by atoms with Crippen LogP contribution < -0.4 is 10.5 Å². The molecule has 1 heterocycles. The van der Waals surface area contributed by atoms with Crippen molar-refractivity contribution in [2.24, 2.45) is 5.73 Å². The minimum Gasteiger partial charge on any atom is -0.506 e. The summed E-state index contributed by atoms with van der Waals surface area (Å²) in [7, 11) is 0. The Kier molecular flexibility index (Phi) is 3.08. The van der Waals surface area contributed by atoms with Gasteiger partial charge < -0.3 is 15.6 Å². The van der Waals surface area contributed by atoms with Crippen LogP contribution in [0.4, 0.5) is 0 Å². The number of nitrogens with two attached hydrogens (primary N) is 1. The maximum absolute atomic E-state index is 9.58. The van der Waals surface area contributed by atoms with E-state index < -0.39 is 0 Å². The number of aryl methyl sites for hydroxylation is 1. The lowest BCUT2D eigenvalue weighted by Gasteiger charge is -2.10. The topological polar surface area (TPSA) is 68.4 Å². The van der Waals surface area contributed by atoms with Crippen LogP contribution >= 0.6 is 0 Å². The third-order valence-electron chi connectivity index (χ3n) is 1.81. The minimum absolute atomic E-state index is 0.133. The first kappa shape index (κ1) is 9.80. The lowest BCUT2D eigenvalue weighted by atomic mass is 10.2. The van der Waals surface area contributed by atoms with E-state index in [1.165, 1.54) is 0 Å². The first-order chi connectivity index (χ1) is 6.20. The maximum atomic E-state index is 9.58. The van der Waals surface area contributed by atoms with Gasteiger partial charge in [-0.25, -0.2) is 0 Å². The SMILES string of the molecule is CCOc1cnc(C)c(O)c1CN. The molecular formula is C9H14N2O2. The molecule has 0 fully saturated rings. The standard InChI is InChI=1S/C9H14N2O2/c1-3-13-8-5-11-6(2)9(12)7(8)4-10/h5,12H,3-4,10H2,1-2H3. The van der Waals surface area contributed by atoms with Crippen molar-refractivity contribution < 1.29 is 9.84 Å². The van der Waals surface area contributed by atoms with Gasteiger partial charge in [-0.3, -0.25) is 4.98 Å². The Labute approximate surface area is 77.4 Å². The average molecular weight is 182 g/mol. The molecule has 4 heteroatoms. The average Bonchev–Trinajstić information content (AvgIpc) is 2.12. The molecule has 0 amide bonds. The number of aromatic nitrogens is 1. The lowest BCUT2D eigenvalue weighted by Crippen LogP contribution is -2.04. The van der Waals surface area contributed by atoms with Crippen LogP contribution in [-0.4, -0.2) is 16.7 Å². The first-order valence-electron chi connectivity index (χ1n) is 4.21. The van der Waals surface area contributed by atoms with Gasteiger partial charge in [-0.2, -0.15) is 0 Å². The first-order valence-corrected chi connectivity index (χ1v) is 4.21. The van der Waals surface area contributed by atoms with Crippen LogP contribution in [0.2, 0.25) is 0 Å². The molecule has 13 heavy (non-hydrogen) atoms. The van der Waals surface area contributed by atoms with E-state index in [0.717, 1.165) is 0 Å². The van der Waals surface area contributed by atoms with Gasteiger partial charge in [0.15, 0.2) is 0 Å². The van der Waals surface area contributed by atoms with Crippen molar-refractivity contribution in [3.8, 4) is 11.5 Å². The van der Waals surface area contributed by atoms with Crippen molar-refractivity contribution in [3.05, 3.63) is 17.5 Å². The number of nitrogens with zero attached hydrogens (tertiary/aromatic N) is 1. The highest BCUT2D eigenvalue weighted by molar-refractivity contribution is 5.44. The molecule has 0 radical (unpaired) electrons. The molecule has 72 valence electrons. The molecule has 0 saturated heterocycles. The highest BCUT2D eigenvalue weighted by atomic mass is 16.5. The molecule has 0 bridgehead atoms. The number of aromatic hydroxyl groups is 1. The summed E-state index contributed by atoms with van der Waals surface area (Å²) in [5.41, 5.74) is 6.68. The quantitative estimate of drug-likeness (QED) is 0.730. The summed E-state index contributed by atoms with van der Waals surface area (Å²) in [6.45, 7) is 4.39. The minimum atomic E-state index is 0.133. The van der Waals surface area contributed by atoms with Crippen LogP contribution in [0.3, 0.4) is 0 Å².